The molecule has 0 nitrogen and oxygen atoms in total. The lowest BCUT2D eigenvalue weighted by molar-refractivity contribution is 0.736. The highest BCUT2D eigenvalue weighted by molar-refractivity contribution is 5.00. The van der Waals surface area contributed by atoms with Crippen LogP contribution in [0.1, 0.15) is 186 Å². The number of hydrogen-bond acceptors (Lipinski definition) is 0. The van der Waals surface area contributed by atoms with Crippen molar-refractivity contribution in [3.63, 3.8) is 0 Å². The summed E-state index contributed by atoms with van der Waals surface area (Å²) in [5.74, 6) is 3.33. The zero-order valence-electron chi connectivity index (χ0n) is 39.4. The average Bonchev–Trinajstić information content (AvgIpc) is 3.12. The lowest BCUT2D eigenvalue weighted by Gasteiger charge is -1.79. The second-order valence-electron chi connectivity index (χ2n) is 11.1. The van der Waals surface area contributed by atoms with Gasteiger partial charge in [0.25, 0.3) is 0 Å². The van der Waals surface area contributed by atoms with Crippen LogP contribution < -0.4 is 0 Å². The molecule has 0 heterocycles. The Kier molecular flexibility index (Phi) is 173. The van der Waals surface area contributed by atoms with Gasteiger partial charge < -0.3 is 0 Å². The highest BCUT2D eigenvalue weighted by atomic mass is 13.8. The highest BCUT2D eigenvalue weighted by Gasteiger charge is 1.69. The third kappa shape index (κ3) is 355. The first-order valence-corrected chi connectivity index (χ1v) is 20.3. The van der Waals surface area contributed by atoms with Gasteiger partial charge in [0.2, 0.25) is 0 Å². The first kappa shape index (κ1) is 76.5. The van der Waals surface area contributed by atoms with E-state index in [9.17, 15) is 0 Å². The lowest BCUT2D eigenvalue weighted by Crippen LogP contribution is -1.66. The largest absolute Gasteiger partial charge is 0.0683 e. The molecule has 0 saturated carbocycles. The molecule has 0 aliphatic carbocycles. The van der Waals surface area contributed by atoms with Crippen LogP contribution in [0.15, 0.2) is 109 Å². The molecule has 0 saturated heterocycles. The van der Waals surface area contributed by atoms with E-state index in [-0.39, 0.29) is 0 Å². The molecule has 0 bridgehead atoms. The molecule has 0 aliphatic rings. The summed E-state index contributed by atoms with van der Waals surface area (Å²) in [6.45, 7) is 54.2. The molecular formula is C49H102. The third-order valence-corrected chi connectivity index (χ3v) is 2.00. The van der Waals surface area contributed by atoms with Gasteiger partial charge in [-0.05, 0) is 23.7 Å². The molecule has 0 spiro atoms. The van der Waals surface area contributed by atoms with E-state index in [2.05, 4.69) is 96.9 Å². The monoisotopic (exact) mass is 691 g/mol. The maximum absolute atomic E-state index is 2.17. The minimum Gasteiger partial charge on any atom is -0.0683 e. The van der Waals surface area contributed by atoms with E-state index in [4.69, 9.17) is 0 Å². The predicted octanol–water partition coefficient (Wildman–Crippen LogP) is 19.3. The highest BCUT2D eigenvalue weighted by Crippen LogP contribution is 1.83. The van der Waals surface area contributed by atoms with Crippen LogP contribution in [0.25, 0.3) is 0 Å². The third-order valence-electron chi connectivity index (χ3n) is 2.00. The second kappa shape index (κ2) is 111. The Balaban J connectivity index is -0.0000000362. The Morgan fingerprint density at radius 3 is 0.245 bits per heavy atom. The first-order valence-electron chi connectivity index (χ1n) is 20.3. The first-order chi connectivity index (χ1) is 23.3. The average molecular weight is 691 g/mol. The molecule has 0 unspecified atom stereocenters. The molecule has 49 heavy (non-hydrogen) atoms. The van der Waals surface area contributed by atoms with E-state index in [0.29, 0.717) is 0 Å². The molecular weight excluding hydrogens is 589 g/mol. The Morgan fingerprint density at radius 2 is 0.224 bits per heavy atom. The molecule has 3 aromatic carbocycles. The minimum absolute atomic E-state index is 0.833. The Hall–Kier alpha value is -2.34. The SMILES string of the molecule is CC.CC.CC.CC.CC.CC.CC(C)C.CC(C)C.CC(C)C.CC(C)C.CCC.c1ccccc1.c1ccccc1.c1ccccc1. The fraction of sp³-hybridized carbons (Fsp3) is 0.633. The molecule has 298 valence electrons. The molecule has 0 N–H and O–H groups in total. The standard InChI is InChI=1S/3C6H6.4C4H10.C3H8.6C2H6/c3*1-2-4-6-5-3-1;4*1-4(2)3;1-3-2;6*1-2/h3*1-6H;4*4H,1-3H3;3H2,1-2H3;6*1-2H3. The van der Waals surface area contributed by atoms with Crippen LogP contribution in [0, 0.1) is 23.7 Å². The van der Waals surface area contributed by atoms with Crippen molar-refractivity contribution in [3.8, 4) is 0 Å². The smallest absolute Gasteiger partial charge is 0.0500 e. The summed E-state index contributed by atoms with van der Waals surface area (Å²) in [5.41, 5.74) is 0. The van der Waals surface area contributed by atoms with E-state index in [0.717, 1.165) is 23.7 Å². The molecule has 0 aromatic heterocycles. The summed E-state index contributed by atoms with van der Waals surface area (Å²) < 4.78 is 0. The van der Waals surface area contributed by atoms with Crippen LogP contribution >= 0.6 is 0 Å². The lowest BCUT2D eigenvalue weighted by atomic mass is 10.3. The van der Waals surface area contributed by atoms with E-state index in [1.54, 1.807) is 0 Å². The van der Waals surface area contributed by atoms with Crippen molar-refractivity contribution in [2.75, 3.05) is 0 Å². The number of rotatable bonds is 0. The Labute approximate surface area is 318 Å². The fourth-order valence-corrected chi connectivity index (χ4v) is 1.15. The van der Waals surface area contributed by atoms with E-state index in [1.165, 1.54) is 6.42 Å². The summed E-state index contributed by atoms with van der Waals surface area (Å²) in [6.07, 6.45) is 1.25. The minimum atomic E-state index is 0.833. The van der Waals surface area contributed by atoms with E-state index in [1.807, 2.05) is 192 Å². The van der Waals surface area contributed by atoms with Crippen LogP contribution in [-0.2, 0) is 0 Å². The van der Waals surface area contributed by atoms with E-state index < -0.39 is 0 Å². The summed E-state index contributed by atoms with van der Waals surface area (Å²) in [6, 6.07) is 36.0. The van der Waals surface area contributed by atoms with Gasteiger partial charge in [0, 0.05) is 0 Å². The topological polar surface area (TPSA) is 0 Å². The van der Waals surface area contributed by atoms with Crippen molar-refractivity contribution in [2.45, 2.75) is 186 Å². The van der Waals surface area contributed by atoms with Crippen molar-refractivity contribution in [2.24, 2.45) is 23.7 Å². The maximum Gasteiger partial charge on any atom is -0.0500 e. The van der Waals surface area contributed by atoms with Crippen molar-refractivity contribution in [1.82, 2.24) is 0 Å². The zero-order valence-corrected chi connectivity index (χ0v) is 39.4. The van der Waals surface area contributed by atoms with Crippen LogP contribution in [-0.4, -0.2) is 0 Å². The van der Waals surface area contributed by atoms with Gasteiger partial charge in [-0.3, -0.25) is 0 Å². The van der Waals surface area contributed by atoms with Crippen molar-refractivity contribution < 1.29 is 0 Å². The zero-order chi connectivity index (χ0) is 41.7. The van der Waals surface area contributed by atoms with Crippen LogP contribution in [0.4, 0.5) is 0 Å². The maximum atomic E-state index is 2.17. The van der Waals surface area contributed by atoms with Crippen LogP contribution in [0.2, 0.25) is 0 Å². The Morgan fingerprint density at radius 1 is 0.204 bits per heavy atom. The fourth-order valence-electron chi connectivity index (χ4n) is 1.15. The molecule has 0 fully saturated rings. The normalized spacial score (nSPS) is 6.98. The number of benzene rings is 3. The van der Waals surface area contributed by atoms with Gasteiger partial charge in [-0.15, -0.1) is 0 Å². The predicted molar refractivity (Wildman–Crippen MR) is 245 cm³/mol. The van der Waals surface area contributed by atoms with Gasteiger partial charge in [-0.2, -0.15) is 0 Å². The van der Waals surface area contributed by atoms with Crippen molar-refractivity contribution in [1.29, 1.82) is 0 Å². The van der Waals surface area contributed by atoms with Gasteiger partial charge >= 0.3 is 0 Å². The van der Waals surface area contributed by atoms with Gasteiger partial charge in [-0.1, -0.05) is 296 Å². The molecule has 0 atom stereocenters. The molecule has 0 radical (unpaired) electrons. The Bertz CT molecular complexity index is 435. The molecule has 3 rings (SSSR count). The van der Waals surface area contributed by atoms with Gasteiger partial charge in [0.1, 0.15) is 0 Å². The van der Waals surface area contributed by atoms with Crippen LogP contribution in [0.5, 0.6) is 0 Å². The number of hydrogen-bond donors (Lipinski definition) is 0. The van der Waals surface area contributed by atoms with Crippen molar-refractivity contribution in [3.05, 3.63) is 109 Å². The molecule has 0 heteroatoms. The van der Waals surface area contributed by atoms with Crippen molar-refractivity contribution >= 4 is 0 Å². The van der Waals surface area contributed by atoms with Crippen LogP contribution in [0.3, 0.4) is 0 Å². The quantitative estimate of drug-likeness (QED) is 0.220. The van der Waals surface area contributed by atoms with Gasteiger partial charge in [0.15, 0.2) is 0 Å². The van der Waals surface area contributed by atoms with E-state index >= 15 is 0 Å². The molecule has 0 aliphatic heterocycles. The summed E-state index contributed by atoms with van der Waals surface area (Å²) >= 11 is 0. The summed E-state index contributed by atoms with van der Waals surface area (Å²) in [5, 5.41) is 0. The van der Waals surface area contributed by atoms with Gasteiger partial charge in [-0.25, -0.2) is 0 Å². The van der Waals surface area contributed by atoms with Gasteiger partial charge in [0.05, 0.1) is 0 Å². The second-order valence-corrected chi connectivity index (χ2v) is 11.1. The summed E-state index contributed by atoms with van der Waals surface area (Å²) in [7, 11) is 0. The molecule has 3 aromatic rings. The molecule has 0 amide bonds. The summed E-state index contributed by atoms with van der Waals surface area (Å²) in [4.78, 5) is 0.